The molecule has 3 aromatic rings. The predicted octanol–water partition coefficient (Wildman–Crippen LogP) is 6.30. The molecule has 2 heterocycles. The van der Waals surface area contributed by atoms with Gasteiger partial charge >= 0.3 is 0 Å². The fraction of sp³-hybridized carbons (Fsp3) is 0.0667. The van der Waals surface area contributed by atoms with Gasteiger partial charge in [-0.05, 0) is 47.1 Å². The van der Waals surface area contributed by atoms with Gasteiger partial charge in [-0.3, -0.25) is 4.79 Å². The molecule has 0 unspecified atom stereocenters. The number of hydrogen-bond acceptors (Lipinski definition) is 4. The Balaban J connectivity index is 1.85. The normalized spacial score (nSPS) is 11.9. The summed E-state index contributed by atoms with van der Waals surface area (Å²) in [6, 6.07) is 9.64. The van der Waals surface area contributed by atoms with Crippen molar-refractivity contribution in [3.8, 4) is 0 Å². The highest BCUT2D eigenvalue weighted by atomic mass is 79.9. The van der Waals surface area contributed by atoms with Crippen molar-refractivity contribution >= 4 is 87.8 Å². The average molecular weight is 493 g/mol. The van der Waals surface area contributed by atoms with Gasteiger partial charge in [0, 0.05) is 14.6 Å². The highest BCUT2D eigenvalue weighted by Crippen LogP contribution is 2.36. The molecule has 1 amide bonds. The van der Waals surface area contributed by atoms with Crippen LogP contribution in [0, 0.1) is 0 Å². The van der Waals surface area contributed by atoms with E-state index in [0.717, 1.165) is 28.9 Å². The van der Waals surface area contributed by atoms with E-state index >= 15 is 0 Å². The van der Waals surface area contributed by atoms with Crippen LogP contribution < -0.4 is 5.43 Å². The molecule has 0 aliphatic rings. The van der Waals surface area contributed by atoms with Crippen LogP contribution in [0.4, 0.5) is 0 Å². The lowest BCUT2D eigenvalue weighted by atomic mass is 10.2. The maximum atomic E-state index is 12.4. The Morgan fingerprint density at radius 2 is 2.00 bits per heavy atom. The van der Waals surface area contributed by atoms with Crippen LogP contribution in [-0.4, -0.2) is 11.6 Å². The third kappa shape index (κ3) is 3.69. The molecule has 1 aromatic carbocycles. The van der Waals surface area contributed by atoms with Crippen LogP contribution in [0.25, 0.3) is 10.1 Å². The Kier molecular flexibility index (Phi) is 5.22. The van der Waals surface area contributed by atoms with Crippen molar-refractivity contribution in [3.63, 3.8) is 0 Å². The fourth-order valence-electron chi connectivity index (χ4n) is 1.93. The van der Waals surface area contributed by atoms with E-state index in [1.807, 2.05) is 37.3 Å². The first-order valence-corrected chi connectivity index (χ1v) is 10.0. The summed E-state index contributed by atoms with van der Waals surface area (Å²) in [5, 5.41) is 5.49. The van der Waals surface area contributed by atoms with Crippen molar-refractivity contribution in [1.29, 1.82) is 0 Å². The van der Waals surface area contributed by atoms with E-state index in [1.54, 1.807) is 11.3 Å². The topological polar surface area (TPSA) is 41.5 Å². The van der Waals surface area contributed by atoms with Crippen LogP contribution in [-0.2, 0) is 0 Å². The van der Waals surface area contributed by atoms with Crippen molar-refractivity contribution < 1.29 is 4.79 Å². The summed E-state index contributed by atoms with van der Waals surface area (Å²) in [7, 11) is 0. The number of carbonyl (C=O) groups is 1. The zero-order valence-corrected chi connectivity index (χ0v) is 17.3. The Bertz CT molecular complexity index is 933. The lowest BCUT2D eigenvalue weighted by Crippen LogP contribution is -2.18. The maximum Gasteiger partial charge on any atom is 0.283 e. The highest BCUT2D eigenvalue weighted by molar-refractivity contribution is 9.11. The third-order valence-electron chi connectivity index (χ3n) is 3.05. The van der Waals surface area contributed by atoms with Crippen LogP contribution in [0.2, 0.25) is 5.02 Å². The second-order valence-electron chi connectivity index (χ2n) is 4.63. The fourth-order valence-corrected chi connectivity index (χ4v) is 5.22. The summed E-state index contributed by atoms with van der Waals surface area (Å²) in [5.41, 5.74) is 3.32. The summed E-state index contributed by atoms with van der Waals surface area (Å²) in [4.78, 5) is 13.8. The number of nitrogens with zero attached hydrogens (tertiary/aromatic N) is 1. The van der Waals surface area contributed by atoms with Crippen LogP contribution in [0.1, 0.15) is 21.5 Å². The molecule has 0 saturated carbocycles. The van der Waals surface area contributed by atoms with Gasteiger partial charge in [-0.1, -0.05) is 33.6 Å². The van der Waals surface area contributed by atoms with Gasteiger partial charge in [-0.15, -0.1) is 22.7 Å². The molecule has 0 saturated heterocycles. The van der Waals surface area contributed by atoms with Crippen molar-refractivity contribution in [3.05, 3.63) is 53.4 Å². The van der Waals surface area contributed by atoms with Gasteiger partial charge in [0.2, 0.25) is 0 Å². The number of fused-ring (bicyclic) bond motifs is 1. The van der Waals surface area contributed by atoms with E-state index < -0.39 is 0 Å². The molecule has 3 nitrogen and oxygen atoms in total. The number of thiophene rings is 2. The largest absolute Gasteiger partial charge is 0.283 e. The quantitative estimate of drug-likeness (QED) is 0.339. The van der Waals surface area contributed by atoms with Gasteiger partial charge in [0.15, 0.2) is 0 Å². The highest BCUT2D eigenvalue weighted by Gasteiger charge is 2.17. The van der Waals surface area contributed by atoms with Gasteiger partial charge in [-0.2, -0.15) is 5.10 Å². The van der Waals surface area contributed by atoms with Gasteiger partial charge in [0.05, 0.1) is 19.4 Å². The van der Waals surface area contributed by atoms with E-state index in [4.69, 9.17) is 11.6 Å². The smallest absolute Gasteiger partial charge is 0.266 e. The minimum atomic E-state index is -0.303. The van der Waals surface area contributed by atoms with E-state index in [2.05, 4.69) is 42.4 Å². The zero-order chi connectivity index (χ0) is 16.6. The molecule has 8 heteroatoms. The number of halogens is 3. The van der Waals surface area contributed by atoms with E-state index in [9.17, 15) is 4.79 Å². The molecule has 3 rings (SSSR count). The maximum absolute atomic E-state index is 12.4. The molecule has 0 atom stereocenters. The summed E-state index contributed by atoms with van der Waals surface area (Å²) in [6.45, 7) is 1.85. The van der Waals surface area contributed by atoms with Crippen LogP contribution >= 0.6 is 66.1 Å². The minimum absolute atomic E-state index is 0.303. The first-order chi connectivity index (χ1) is 11.0. The van der Waals surface area contributed by atoms with Crippen LogP contribution in [0.3, 0.4) is 0 Å². The van der Waals surface area contributed by atoms with Crippen LogP contribution in [0.5, 0.6) is 0 Å². The molecule has 0 bridgehead atoms. The van der Waals surface area contributed by atoms with Gasteiger partial charge in [0.25, 0.3) is 5.91 Å². The van der Waals surface area contributed by atoms with Gasteiger partial charge < -0.3 is 0 Å². The van der Waals surface area contributed by atoms with Crippen molar-refractivity contribution in [2.24, 2.45) is 5.10 Å². The van der Waals surface area contributed by atoms with Crippen molar-refractivity contribution in [2.75, 3.05) is 0 Å². The molecule has 0 fully saturated rings. The number of rotatable bonds is 3. The van der Waals surface area contributed by atoms with E-state index in [1.165, 1.54) is 11.3 Å². The van der Waals surface area contributed by atoms with E-state index in [0.29, 0.717) is 9.90 Å². The van der Waals surface area contributed by atoms with Crippen LogP contribution in [0.15, 0.2) is 43.7 Å². The molecule has 2 aromatic heterocycles. The van der Waals surface area contributed by atoms with Gasteiger partial charge in [0.1, 0.15) is 4.88 Å². The minimum Gasteiger partial charge on any atom is -0.266 e. The third-order valence-corrected chi connectivity index (χ3v) is 6.93. The molecule has 0 spiro atoms. The van der Waals surface area contributed by atoms with E-state index in [-0.39, 0.29) is 5.91 Å². The second-order valence-corrected chi connectivity index (χ2v) is 9.44. The van der Waals surface area contributed by atoms with Crippen molar-refractivity contribution in [2.45, 2.75) is 6.92 Å². The summed E-state index contributed by atoms with van der Waals surface area (Å²) < 4.78 is 2.93. The number of benzene rings is 1. The molecule has 0 aliphatic heterocycles. The Hall–Kier alpha value is -0.730. The zero-order valence-electron chi connectivity index (χ0n) is 11.7. The second kappa shape index (κ2) is 7.03. The standard InChI is InChI=1S/C15H9Br2ClN2OS2/c1-7(10-4-5-12(17)22-10)19-20-15(21)14-13(18)9-3-2-8(16)6-11(9)23-14/h2-6H,1H3,(H,20,21)/b19-7+. The predicted molar refractivity (Wildman–Crippen MR) is 106 cm³/mol. The monoisotopic (exact) mass is 490 g/mol. The lowest BCUT2D eigenvalue weighted by Gasteiger charge is -1.99. The molecule has 23 heavy (non-hydrogen) atoms. The Morgan fingerprint density at radius 1 is 1.22 bits per heavy atom. The molecule has 0 radical (unpaired) electrons. The first kappa shape index (κ1) is 17.1. The Morgan fingerprint density at radius 3 is 2.70 bits per heavy atom. The lowest BCUT2D eigenvalue weighted by molar-refractivity contribution is 0.0959. The molecule has 1 N–H and O–H groups in total. The van der Waals surface area contributed by atoms with Crippen molar-refractivity contribution in [1.82, 2.24) is 5.43 Å². The molecular formula is C15H9Br2ClN2OS2. The first-order valence-electron chi connectivity index (χ1n) is 6.43. The number of amides is 1. The number of carbonyl (C=O) groups excluding carboxylic acids is 1. The van der Waals surface area contributed by atoms with Gasteiger partial charge in [-0.25, -0.2) is 5.43 Å². The summed E-state index contributed by atoms with van der Waals surface area (Å²) in [5.74, 6) is -0.303. The molecular weight excluding hydrogens is 484 g/mol. The molecule has 118 valence electrons. The SMILES string of the molecule is C/C(=N\NC(=O)c1sc2cc(Br)ccc2c1Cl)c1ccc(Br)s1. The Labute approximate surface area is 162 Å². The summed E-state index contributed by atoms with van der Waals surface area (Å²) >= 11 is 16.1. The summed E-state index contributed by atoms with van der Waals surface area (Å²) in [6.07, 6.45) is 0. The number of hydrogen-bond donors (Lipinski definition) is 1. The number of nitrogens with one attached hydrogen (secondary N) is 1. The molecule has 0 aliphatic carbocycles. The average Bonchev–Trinajstić information content (AvgIpc) is 3.08. The number of hydrazone groups is 1.